The summed E-state index contributed by atoms with van der Waals surface area (Å²) in [6.07, 6.45) is 3.53. The molecule has 0 aliphatic rings. The Kier molecular flexibility index (Phi) is 2.95. The molecule has 2 aromatic rings. The van der Waals surface area contributed by atoms with Crippen LogP contribution in [0.4, 0.5) is 0 Å². The van der Waals surface area contributed by atoms with Crippen molar-refractivity contribution < 1.29 is 9.32 Å². The van der Waals surface area contributed by atoms with E-state index in [1.165, 1.54) is 12.5 Å². The lowest BCUT2D eigenvalue weighted by molar-refractivity contribution is -0.123. The number of nitrogens with zero attached hydrogens (tertiary/aromatic N) is 1. The number of carbonyl (C=O) groups is 1. The van der Waals surface area contributed by atoms with E-state index in [0.717, 1.165) is 5.56 Å². The van der Waals surface area contributed by atoms with Gasteiger partial charge in [0.2, 0.25) is 5.91 Å². The molecule has 1 aromatic heterocycles. The van der Waals surface area contributed by atoms with E-state index in [2.05, 4.69) is 5.16 Å². The van der Waals surface area contributed by atoms with E-state index in [1.807, 2.05) is 30.3 Å². The van der Waals surface area contributed by atoms with Gasteiger partial charge in [0.1, 0.15) is 6.26 Å². The summed E-state index contributed by atoms with van der Waals surface area (Å²) >= 11 is 0. The first-order chi connectivity index (χ1) is 8.13. The molecular formula is C13H14N2O2. The number of benzene rings is 1. The van der Waals surface area contributed by atoms with Crippen molar-refractivity contribution in [1.82, 2.24) is 5.16 Å². The summed E-state index contributed by atoms with van der Waals surface area (Å²) in [4.78, 5) is 11.7. The maximum absolute atomic E-state index is 11.7. The predicted molar refractivity (Wildman–Crippen MR) is 63.2 cm³/mol. The van der Waals surface area contributed by atoms with Gasteiger partial charge in [0.15, 0.2) is 0 Å². The number of aromatic nitrogens is 1. The highest BCUT2D eigenvalue weighted by atomic mass is 16.5. The highest BCUT2D eigenvalue weighted by Gasteiger charge is 2.34. The minimum Gasteiger partial charge on any atom is -0.369 e. The minimum absolute atomic E-state index is 0.385. The molecule has 1 amide bonds. The number of rotatable bonds is 4. The first kappa shape index (κ1) is 11.4. The molecule has 0 saturated heterocycles. The third kappa shape index (κ3) is 2.20. The van der Waals surface area contributed by atoms with E-state index in [1.54, 1.807) is 6.92 Å². The number of hydrogen-bond donors (Lipinski definition) is 1. The summed E-state index contributed by atoms with van der Waals surface area (Å²) in [6.45, 7) is 1.80. The van der Waals surface area contributed by atoms with Crippen LogP contribution in [0.25, 0.3) is 0 Å². The summed E-state index contributed by atoms with van der Waals surface area (Å²) < 4.78 is 4.79. The van der Waals surface area contributed by atoms with Crippen molar-refractivity contribution in [1.29, 1.82) is 0 Å². The normalized spacial score (nSPS) is 14.2. The van der Waals surface area contributed by atoms with E-state index < -0.39 is 5.41 Å². The van der Waals surface area contributed by atoms with Crippen molar-refractivity contribution in [2.75, 3.05) is 0 Å². The molecule has 17 heavy (non-hydrogen) atoms. The van der Waals surface area contributed by atoms with Gasteiger partial charge in [-0.3, -0.25) is 4.79 Å². The first-order valence-corrected chi connectivity index (χ1v) is 5.36. The molecule has 1 unspecified atom stereocenters. The molecule has 0 bridgehead atoms. The molecule has 0 fully saturated rings. The Balaban J connectivity index is 2.34. The lowest BCUT2D eigenvalue weighted by atomic mass is 9.78. The van der Waals surface area contributed by atoms with Gasteiger partial charge in [-0.1, -0.05) is 35.5 Å². The van der Waals surface area contributed by atoms with Crippen molar-refractivity contribution in [3.8, 4) is 0 Å². The molecule has 0 radical (unpaired) electrons. The van der Waals surface area contributed by atoms with Gasteiger partial charge in [-0.05, 0) is 18.9 Å². The van der Waals surface area contributed by atoms with Crippen molar-refractivity contribution in [2.45, 2.75) is 18.8 Å². The van der Waals surface area contributed by atoms with E-state index in [-0.39, 0.29) is 5.91 Å². The number of primary amides is 1. The molecule has 1 heterocycles. The first-order valence-electron chi connectivity index (χ1n) is 5.36. The van der Waals surface area contributed by atoms with Gasteiger partial charge in [0, 0.05) is 5.56 Å². The second-order valence-corrected chi connectivity index (χ2v) is 4.27. The molecule has 2 N–H and O–H groups in total. The Labute approximate surface area is 99.4 Å². The van der Waals surface area contributed by atoms with Crippen LogP contribution in [0.5, 0.6) is 0 Å². The van der Waals surface area contributed by atoms with Crippen LogP contribution in [-0.2, 0) is 16.6 Å². The van der Waals surface area contributed by atoms with Crippen LogP contribution in [0.15, 0.2) is 47.3 Å². The second kappa shape index (κ2) is 4.41. The SMILES string of the molecule is CC(Cc1ccccc1)(C(N)=O)c1cnoc1. The molecule has 1 aromatic carbocycles. The quantitative estimate of drug-likeness (QED) is 0.868. The molecule has 4 nitrogen and oxygen atoms in total. The van der Waals surface area contributed by atoms with Gasteiger partial charge in [-0.2, -0.15) is 0 Å². The van der Waals surface area contributed by atoms with Crippen LogP contribution in [0.2, 0.25) is 0 Å². The maximum atomic E-state index is 11.7. The van der Waals surface area contributed by atoms with Crippen LogP contribution in [0, 0.1) is 0 Å². The van der Waals surface area contributed by atoms with Crippen LogP contribution in [-0.4, -0.2) is 11.1 Å². The molecule has 0 spiro atoms. The molecule has 0 aliphatic carbocycles. The standard InChI is InChI=1S/C13H14N2O2/c1-13(12(14)16,11-8-15-17-9-11)7-10-5-3-2-4-6-10/h2-6,8-9H,7H2,1H3,(H2,14,16). The molecule has 4 heteroatoms. The topological polar surface area (TPSA) is 69.1 Å². The lowest BCUT2D eigenvalue weighted by Crippen LogP contribution is -2.40. The molecule has 0 aliphatic heterocycles. The summed E-state index contributed by atoms with van der Waals surface area (Å²) in [7, 11) is 0. The highest BCUT2D eigenvalue weighted by Crippen LogP contribution is 2.27. The Bertz CT molecular complexity index is 493. The fraction of sp³-hybridized carbons (Fsp3) is 0.231. The van der Waals surface area contributed by atoms with Gasteiger partial charge in [-0.25, -0.2) is 0 Å². The second-order valence-electron chi connectivity index (χ2n) is 4.27. The van der Waals surface area contributed by atoms with Crippen LogP contribution < -0.4 is 5.73 Å². The molecule has 1 atom stereocenters. The van der Waals surface area contributed by atoms with Gasteiger partial charge < -0.3 is 10.3 Å². The fourth-order valence-corrected chi connectivity index (χ4v) is 1.81. The largest absolute Gasteiger partial charge is 0.369 e. The zero-order valence-corrected chi connectivity index (χ0v) is 9.59. The molecule has 2 rings (SSSR count). The van der Waals surface area contributed by atoms with Crippen molar-refractivity contribution in [2.24, 2.45) is 5.73 Å². The van der Waals surface area contributed by atoms with Gasteiger partial charge >= 0.3 is 0 Å². The minimum atomic E-state index is -0.790. The zero-order chi connectivity index (χ0) is 12.3. The summed E-state index contributed by atoms with van der Waals surface area (Å²) in [5, 5.41) is 3.63. The number of nitrogens with two attached hydrogens (primary N) is 1. The van der Waals surface area contributed by atoms with Gasteiger partial charge in [0.25, 0.3) is 0 Å². The van der Waals surface area contributed by atoms with Crippen molar-refractivity contribution in [3.63, 3.8) is 0 Å². The Morgan fingerprint density at radius 2 is 2.12 bits per heavy atom. The van der Waals surface area contributed by atoms with Crippen LogP contribution in [0.3, 0.4) is 0 Å². The zero-order valence-electron chi connectivity index (χ0n) is 9.59. The number of carbonyl (C=O) groups excluding carboxylic acids is 1. The Hall–Kier alpha value is -2.10. The number of amides is 1. The molecule has 0 saturated carbocycles. The van der Waals surface area contributed by atoms with E-state index in [9.17, 15) is 4.79 Å². The average Bonchev–Trinajstić information content (AvgIpc) is 2.84. The monoisotopic (exact) mass is 230 g/mol. The van der Waals surface area contributed by atoms with E-state index in [4.69, 9.17) is 10.3 Å². The van der Waals surface area contributed by atoms with Gasteiger partial charge in [-0.15, -0.1) is 0 Å². The van der Waals surface area contributed by atoms with E-state index in [0.29, 0.717) is 12.0 Å². The summed E-state index contributed by atoms with van der Waals surface area (Å²) in [5.41, 5.74) is 6.46. The lowest BCUT2D eigenvalue weighted by Gasteiger charge is -2.24. The summed E-state index contributed by atoms with van der Waals surface area (Å²) in [5.74, 6) is -0.385. The van der Waals surface area contributed by atoms with Gasteiger partial charge in [0.05, 0.1) is 11.6 Å². The highest BCUT2D eigenvalue weighted by molar-refractivity contribution is 5.86. The molecule has 88 valence electrons. The maximum Gasteiger partial charge on any atom is 0.228 e. The predicted octanol–water partition coefficient (Wildman–Crippen LogP) is 1.66. The van der Waals surface area contributed by atoms with Crippen molar-refractivity contribution >= 4 is 5.91 Å². The molecular weight excluding hydrogens is 216 g/mol. The fourth-order valence-electron chi connectivity index (χ4n) is 1.81. The van der Waals surface area contributed by atoms with Crippen LogP contribution in [0.1, 0.15) is 18.1 Å². The van der Waals surface area contributed by atoms with Crippen LogP contribution >= 0.6 is 0 Å². The Morgan fingerprint density at radius 3 is 2.65 bits per heavy atom. The average molecular weight is 230 g/mol. The smallest absolute Gasteiger partial charge is 0.228 e. The van der Waals surface area contributed by atoms with Crippen molar-refractivity contribution in [3.05, 3.63) is 53.9 Å². The third-order valence-corrected chi connectivity index (χ3v) is 3.01. The van der Waals surface area contributed by atoms with E-state index >= 15 is 0 Å². The summed E-state index contributed by atoms with van der Waals surface area (Å²) in [6, 6.07) is 9.74. The third-order valence-electron chi connectivity index (χ3n) is 3.01. The number of hydrogen-bond acceptors (Lipinski definition) is 3. The Morgan fingerprint density at radius 1 is 1.41 bits per heavy atom.